The van der Waals surface area contributed by atoms with Crippen molar-refractivity contribution >= 4 is 15.8 Å². The highest BCUT2D eigenvalue weighted by Gasteiger charge is 2.21. The molecule has 0 bridgehead atoms. The maximum absolute atomic E-state index is 12.5. The second kappa shape index (κ2) is 5.65. The number of nitrogens with zero attached hydrogens (tertiary/aromatic N) is 1. The number of sulfone groups is 1. The molecule has 1 aromatic carbocycles. The summed E-state index contributed by atoms with van der Waals surface area (Å²) in [5.41, 5.74) is 1.50. The Bertz CT molecular complexity index is 783. The van der Waals surface area contributed by atoms with Gasteiger partial charge in [-0.2, -0.15) is 0 Å². The first kappa shape index (κ1) is 15.2. The number of hydrogen-bond acceptors (Lipinski definition) is 4. The van der Waals surface area contributed by atoms with Gasteiger partial charge in [0.2, 0.25) is 0 Å². The van der Waals surface area contributed by atoms with Crippen molar-refractivity contribution in [3.8, 4) is 0 Å². The first-order chi connectivity index (χ1) is 9.81. The van der Waals surface area contributed by atoms with Crippen molar-refractivity contribution in [1.82, 2.24) is 4.98 Å². The van der Waals surface area contributed by atoms with Crippen LogP contribution in [0, 0.1) is 13.8 Å². The summed E-state index contributed by atoms with van der Waals surface area (Å²) >= 11 is 0. The lowest BCUT2D eigenvalue weighted by Crippen LogP contribution is -2.10. The molecular formula is C15H15NO4S. The molecule has 0 aliphatic carbocycles. The first-order valence-corrected chi connectivity index (χ1v) is 7.93. The normalized spacial score (nSPS) is 11.3. The van der Waals surface area contributed by atoms with Gasteiger partial charge in [-0.15, -0.1) is 0 Å². The van der Waals surface area contributed by atoms with Crippen molar-refractivity contribution in [3.05, 3.63) is 58.9 Å². The number of aromatic nitrogens is 1. The van der Waals surface area contributed by atoms with Crippen LogP contribution in [0.4, 0.5) is 0 Å². The number of rotatable bonds is 4. The van der Waals surface area contributed by atoms with Crippen LogP contribution in [-0.2, 0) is 15.6 Å². The molecule has 2 aromatic rings. The van der Waals surface area contributed by atoms with Gasteiger partial charge in [0, 0.05) is 6.20 Å². The lowest BCUT2D eigenvalue weighted by molar-refractivity contribution is 0.0696. The maximum Gasteiger partial charge on any atom is 0.335 e. The van der Waals surface area contributed by atoms with Crippen LogP contribution >= 0.6 is 0 Å². The third-order valence-corrected chi connectivity index (χ3v) is 4.94. The van der Waals surface area contributed by atoms with Crippen LogP contribution < -0.4 is 0 Å². The molecule has 21 heavy (non-hydrogen) atoms. The Hall–Kier alpha value is -2.21. The van der Waals surface area contributed by atoms with Crippen molar-refractivity contribution in [1.29, 1.82) is 0 Å². The number of carboxylic acid groups (broad SMARTS) is 1. The molecule has 6 heteroatoms. The standard InChI is InChI=1S/C15H15NO4S/c1-10-7-11(2)14(8-13(10)15(17)18)21(19,20)9-12-5-3-4-6-16-12/h3-8H,9H2,1-2H3,(H,17,18). The van der Waals surface area contributed by atoms with Crippen molar-refractivity contribution in [2.24, 2.45) is 0 Å². The minimum Gasteiger partial charge on any atom is -0.478 e. The van der Waals surface area contributed by atoms with Gasteiger partial charge in [0.15, 0.2) is 9.84 Å². The quantitative estimate of drug-likeness (QED) is 0.937. The van der Waals surface area contributed by atoms with Crippen LogP contribution in [0.1, 0.15) is 27.2 Å². The van der Waals surface area contributed by atoms with E-state index >= 15 is 0 Å². The second-order valence-corrected chi connectivity index (χ2v) is 6.78. The van der Waals surface area contributed by atoms with Crippen molar-refractivity contribution in [2.45, 2.75) is 24.5 Å². The molecule has 0 radical (unpaired) electrons. The highest BCUT2D eigenvalue weighted by molar-refractivity contribution is 7.90. The Labute approximate surface area is 123 Å². The highest BCUT2D eigenvalue weighted by Crippen LogP contribution is 2.23. The fraction of sp³-hybridized carbons (Fsp3) is 0.200. The largest absolute Gasteiger partial charge is 0.478 e. The third kappa shape index (κ3) is 3.28. The van der Waals surface area contributed by atoms with Gasteiger partial charge in [0.25, 0.3) is 0 Å². The van der Waals surface area contributed by atoms with E-state index in [2.05, 4.69) is 4.98 Å². The lowest BCUT2D eigenvalue weighted by atomic mass is 10.1. The molecule has 0 saturated heterocycles. The molecule has 0 spiro atoms. The van der Waals surface area contributed by atoms with Gasteiger partial charge in [0.1, 0.15) is 0 Å². The molecule has 0 amide bonds. The number of pyridine rings is 1. The SMILES string of the molecule is Cc1cc(C)c(S(=O)(=O)Cc2ccccn2)cc1C(=O)O. The lowest BCUT2D eigenvalue weighted by Gasteiger charge is -2.10. The zero-order valence-corrected chi connectivity index (χ0v) is 12.5. The summed E-state index contributed by atoms with van der Waals surface area (Å²) in [4.78, 5) is 15.2. The molecular weight excluding hydrogens is 290 g/mol. The molecule has 0 unspecified atom stereocenters. The summed E-state index contributed by atoms with van der Waals surface area (Å²) in [6.07, 6.45) is 1.52. The van der Waals surface area contributed by atoms with E-state index in [-0.39, 0.29) is 16.2 Å². The number of aromatic carboxylic acids is 1. The first-order valence-electron chi connectivity index (χ1n) is 6.28. The monoisotopic (exact) mass is 305 g/mol. The Balaban J connectivity index is 2.50. The molecule has 0 aliphatic rings. The molecule has 0 atom stereocenters. The van der Waals surface area contributed by atoms with E-state index in [9.17, 15) is 13.2 Å². The van der Waals surface area contributed by atoms with Crippen LogP contribution in [-0.4, -0.2) is 24.5 Å². The molecule has 1 aromatic heterocycles. The maximum atomic E-state index is 12.5. The van der Waals surface area contributed by atoms with Gasteiger partial charge in [-0.1, -0.05) is 12.1 Å². The zero-order chi connectivity index (χ0) is 15.6. The fourth-order valence-corrected chi connectivity index (χ4v) is 3.72. The van der Waals surface area contributed by atoms with E-state index in [0.29, 0.717) is 16.8 Å². The van der Waals surface area contributed by atoms with E-state index in [1.54, 1.807) is 38.1 Å². The van der Waals surface area contributed by atoms with E-state index in [0.717, 1.165) is 0 Å². The Kier molecular flexibility index (Phi) is 4.09. The summed E-state index contributed by atoms with van der Waals surface area (Å²) in [6, 6.07) is 7.84. The highest BCUT2D eigenvalue weighted by atomic mass is 32.2. The second-order valence-electron chi connectivity index (χ2n) is 4.82. The van der Waals surface area contributed by atoms with Gasteiger partial charge in [0.05, 0.1) is 21.9 Å². The number of carboxylic acids is 1. The van der Waals surface area contributed by atoms with Gasteiger partial charge in [-0.05, 0) is 43.2 Å². The van der Waals surface area contributed by atoms with Crippen molar-refractivity contribution in [2.75, 3.05) is 0 Å². The average Bonchev–Trinajstić information content (AvgIpc) is 2.38. The number of aryl methyl sites for hydroxylation is 2. The topological polar surface area (TPSA) is 84.3 Å². The Morgan fingerprint density at radius 3 is 2.48 bits per heavy atom. The van der Waals surface area contributed by atoms with Crippen LogP contribution in [0.15, 0.2) is 41.4 Å². The van der Waals surface area contributed by atoms with Gasteiger partial charge < -0.3 is 5.11 Å². The summed E-state index contributed by atoms with van der Waals surface area (Å²) in [6.45, 7) is 3.30. The summed E-state index contributed by atoms with van der Waals surface area (Å²) in [5.74, 6) is -1.39. The van der Waals surface area contributed by atoms with Gasteiger partial charge >= 0.3 is 5.97 Å². The number of carbonyl (C=O) groups is 1. The molecule has 0 fully saturated rings. The average molecular weight is 305 g/mol. The summed E-state index contributed by atoms with van der Waals surface area (Å²) in [5, 5.41) is 9.13. The van der Waals surface area contributed by atoms with Crippen molar-refractivity contribution in [3.63, 3.8) is 0 Å². The third-order valence-electron chi connectivity index (χ3n) is 3.15. The zero-order valence-electron chi connectivity index (χ0n) is 11.7. The molecule has 2 rings (SSSR count). The summed E-state index contributed by atoms with van der Waals surface area (Å²) < 4.78 is 25.0. The molecule has 0 saturated carbocycles. The summed E-state index contributed by atoms with van der Waals surface area (Å²) in [7, 11) is -3.64. The molecule has 0 aliphatic heterocycles. The number of hydrogen-bond donors (Lipinski definition) is 1. The van der Waals surface area contributed by atoms with E-state index in [4.69, 9.17) is 5.11 Å². The Morgan fingerprint density at radius 2 is 1.90 bits per heavy atom. The van der Waals surface area contributed by atoms with Crippen LogP contribution in [0.2, 0.25) is 0 Å². The molecule has 1 N–H and O–H groups in total. The minimum atomic E-state index is -3.64. The van der Waals surface area contributed by atoms with Crippen LogP contribution in [0.5, 0.6) is 0 Å². The van der Waals surface area contributed by atoms with E-state index < -0.39 is 15.8 Å². The predicted molar refractivity (Wildman–Crippen MR) is 78.0 cm³/mol. The minimum absolute atomic E-state index is 0.000181. The molecule has 5 nitrogen and oxygen atoms in total. The predicted octanol–water partition coefficient (Wildman–Crippen LogP) is 2.37. The number of benzene rings is 1. The molecule has 110 valence electrons. The van der Waals surface area contributed by atoms with Crippen LogP contribution in [0.3, 0.4) is 0 Å². The molecule has 1 heterocycles. The van der Waals surface area contributed by atoms with Crippen LogP contribution in [0.25, 0.3) is 0 Å². The van der Waals surface area contributed by atoms with Gasteiger partial charge in [-0.25, -0.2) is 13.2 Å². The fourth-order valence-electron chi connectivity index (χ4n) is 2.15. The van der Waals surface area contributed by atoms with Crippen molar-refractivity contribution < 1.29 is 18.3 Å². The Morgan fingerprint density at radius 1 is 1.19 bits per heavy atom. The van der Waals surface area contributed by atoms with E-state index in [1.165, 1.54) is 12.3 Å². The van der Waals surface area contributed by atoms with Gasteiger partial charge in [-0.3, -0.25) is 4.98 Å². The van der Waals surface area contributed by atoms with E-state index in [1.807, 2.05) is 0 Å². The smallest absolute Gasteiger partial charge is 0.335 e.